The van der Waals surface area contributed by atoms with Crippen LogP contribution >= 0.6 is 0 Å². The summed E-state index contributed by atoms with van der Waals surface area (Å²) in [4.78, 5) is 11.1. The van der Waals surface area contributed by atoms with Crippen LogP contribution in [0, 0.1) is 0 Å². The molecule has 0 radical (unpaired) electrons. The molecule has 0 aromatic carbocycles. The van der Waals surface area contributed by atoms with Crippen molar-refractivity contribution in [3.05, 3.63) is 0 Å². The summed E-state index contributed by atoms with van der Waals surface area (Å²) >= 11 is 0. The molecule has 7 nitrogen and oxygen atoms in total. The number of amides is 1. The Labute approximate surface area is 101 Å². The fourth-order valence-electron chi connectivity index (χ4n) is 1.43. The fourth-order valence-corrected chi connectivity index (χ4v) is 2.25. The zero-order chi connectivity index (χ0) is 13.1. The van der Waals surface area contributed by atoms with Crippen LogP contribution in [-0.2, 0) is 14.9 Å². The van der Waals surface area contributed by atoms with E-state index in [0.29, 0.717) is 0 Å². The number of nitrogens with two attached hydrogens (primary N) is 1. The van der Waals surface area contributed by atoms with Crippen LogP contribution in [0.5, 0.6) is 0 Å². The van der Waals surface area contributed by atoms with E-state index in [2.05, 4.69) is 9.46 Å². The maximum Gasteiger partial charge on any atom is 0.422 e. The van der Waals surface area contributed by atoms with E-state index in [0.717, 1.165) is 19.3 Å². The number of ether oxygens (including phenoxy) is 1. The van der Waals surface area contributed by atoms with Crippen LogP contribution in [0.15, 0.2) is 0 Å². The first-order valence-electron chi connectivity index (χ1n) is 5.49. The van der Waals surface area contributed by atoms with Crippen molar-refractivity contribution in [2.45, 2.75) is 44.8 Å². The molecule has 0 heterocycles. The van der Waals surface area contributed by atoms with E-state index >= 15 is 0 Å². The molecule has 8 heteroatoms. The first-order chi connectivity index (χ1) is 7.72. The lowest BCUT2D eigenvalue weighted by molar-refractivity contribution is 0.121. The highest BCUT2D eigenvalue weighted by atomic mass is 32.2. The Bertz CT molecular complexity index is 376. The molecular weight excluding hydrogens is 246 g/mol. The first-order valence-corrected chi connectivity index (χ1v) is 6.98. The van der Waals surface area contributed by atoms with Gasteiger partial charge < -0.3 is 10.5 Å². The number of hydrogen-bond acceptors (Lipinski definition) is 5. The lowest BCUT2D eigenvalue weighted by Crippen LogP contribution is -2.56. The Balaban J connectivity index is 2.38. The summed E-state index contributed by atoms with van der Waals surface area (Å²) in [6.45, 7) is 3.38. The van der Waals surface area contributed by atoms with Gasteiger partial charge in [0.05, 0.1) is 6.10 Å². The standard InChI is InChI=1S/C9H19N3O4S/c1-7(2)16-8(13)12-17(14,15)11-6-9(10)4-3-5-9/h7,11H,3-6,10H2,1-2H3,(H,12,13). The molecule has 0 aliphatic heterocycles. The molecule has 1 fully saturated rings. The van der Waals surface area contributed by atoms with Crippen molar-refractivity contribution in [2.24, 2.45) is 5.73 Å². The van der Waals surface area contributed by atoms with Gasteiger partial charge in [0.2, 0.25) is 0 Å². The van der Waals surface area contributed by atoms with Gasteiger partial charge in [0.15, 0.2) is 0 Å². The van der Waals surface area contributed by atoms with Gasteiger partial charge in [0.25, 0.3) is 0 Å². The highest BCUT2D eigenvalue weighted by Crippen LogP contribution is 2.28. The number of nitrogens with one attached hydrogen (secondary N) is 2. The Kier molecular flexibility index (Phi) is 4.34. The lowest BCUT2D eigenvalue weighted by atomic mass is 9.78. The molecule has 0 aromatic rings. The molecule has 0 spiro atoms. The maximum absolute atomic E-state index is 11.4. The van der Waals surface area contributed by atoms with Crippen LogP contribution < -0.4 is 15.2 Å². The maximum atomic E-state index is 11.4. The van der Waals surface area contributed by atoms with Gasteiger partial charge in [-0.2, -0.15) is 13.1 Å². The number of carbonyl (C=O) groups is 1. The van der Waals surface area contributed by atoms with Crippen molar-refractivity contribution < 1.29 is 17.9 Å². The quantitative estimate of drug-likeness (QED) is 0.639. The molecule has 1 rings (SSSR count). The van der Waals surface area contributed by atoms with Crippen molar-refractivity contribution in [2.75, 3.05) is 6.54 Å². The highest BCUT2D eigenvalue weighted by Gasteiger charge is 2.33. The topological polar surface area (TPSA) is 111 Å². The fraction of sp³-hybridized carbons (Fsp3) is 0.889. The summed E-state index contributed by atoms with van der Waals surface area (Å²) in [5.74, 6) is 0. The van der Waals surface area contributed by atoms with Crippen molar-refractivity contribution in [3.63, 3.8) is 0 Å². The summed E-state index contributed by atoms with van der Waals surface area (Å²) in [5, 5.41) is 0. The summed E-state index contributed by atoms with van der Waals surface area (Å²) in [6.07, 6.45) is 1.20. The van der Waals surface area contributed by atoms with E-state index < -0.39 is 21.8 Å². The van der Waals surface area contributed by atoms with Crippen LogP contribution in [0.1, 0.15) is 33.1 Å². The van der Waals surface area contributed by atoms with E-state index in [1.165, 1.54) is 0 Å². The molecule has 0 aromatic heterocycles. The molecule has 17 heavy (non-hydrogen) atoms. The van der Waals surface area contributed by atoms with Gasteiger partial charge in [-0.15, -0.1) is 0 Å². The monoisotopic (exact) mass is 265 g/mol. The normalized spacial score (nSPS) is 18.6. The summed E-state index contributed by atoms with van der Waals surface area (Å²) < 4.78 is 31.5. The molecule has 0 unspecified atom stereocenters. The third-order valence-electron chi connectivity index (χ3n) is 2.52. The second kappa shape index (κ2) is 5.19. The minimum Gasteiger partial charge on any atom is -0.446 e. The lowest BCUT2D eigenvalue weighted by Gasteiger charge is -2.37. The molecule has 1 amide bonds. The van der Waals surface area contributed by atoms with Gasteiger partial charge >= 0.3 is 16.3 Å². The summed E-state index contributed by atoms with van der Waals surface area (Å²) in [5.41, 5.74) is 5.38. The molecule has 1 aliphatic rings. The van der Waals surface area contributed by atoms with Crippen molar-refractivity contribution in [1.29, 1.82) is 0 Å². The van der Waals surface area contributed by atoms with Gasteiger partial charge in [-0.1, -0.05) is 0 Å². The molecule has 0 bridgehead atoms. The molecule has 100 valence electrons. The van der Waals surface area contributed by atoms with E-state index in [1.807, 2.05) is 0 Å². The molecular formula is C9H19N3O4S. The third-order valence-corrected chi connectivity index (χ3v) is 3.48. The predicted octanol–water partition coefficient (Wildman–Crippen LogP) is -0.163. The predicted molar refractivity (Wildman–Crippen MR) is 62.4 cm³/mol. The summed E-state index contributed by atoms with van der Waals surface area (Å²) in [7, 11) is -3.89. The van der Waals surface area contributed by atoms with Crippen molar-refractivity contribution in [3.8, 4) is 0 Å². The Hall–Kier alpha value is -0.860. The van der Waals surface area contributed by atoms with Crippen LogP contribution in [0.2, 0.25) is 0 Å². The molecule has 4 N–H and O–H groups in total. The van der Waals surface area contributed by atoms with E-state index in [1.54, 1.807) is 18.6 Å². The largest absolute Gasteiger partial charge is 0.446 e. The average Bonchev–Trinajstić information content (AvgIpc) is 2.09. The SMILES string of the molecule is CC(C)OC(=O)NS(=O)(=O)NCC1(N)CCC1. The molecule has 1 aliphatic carbocycles. The van der Waals surface area contributed by atoms with E-state index in [-0.39, 0.29) is 12.6 Å². The Morgan fingerprint density at radius 3 is 2.47 bits per heavy atom. The van der Waals surface area contributed by atoms with Crippen LogP contribution in [0.4, 0.5) is 4.79 Å². The number of carbonyl (C=O) groups excluding carboxylic acids is 1. The second-order valence-electron chi connectivity index (χ2n) is 4.60. The van der Waals surface area contributed by atoms with Crippen molar-refractivity contribution in [1.82, 2.24) is 9.44 Å². The zero-order valence-electron chi connectivity index (χ0n) is 10.0. The van der Waals surface area contributed by atoms with Crippen molar-refractivity contribution >= 4 is 16.3 Å². The van der Waals surface area contributed by atoms with E-state index in [4.69, 9.17) is 5.73 Å². The van der Waals surface area contributed by atoms with Crippen LogP contribution in [0.25, 0.3) is 0 Å². The minimum absolute atomic E-state index is 0.122. The highest BCUT2D eigenvalue weighted by molar-refractivity contribution is 7.88. The van der Waals surface area contributed by atoms with E-state index in [9.17, 15) is 13.2 Å². The first kappa shape index (κ1) is 14.2. The van der Waals surface area contributed by atoms with Crippen LogP contribution in [-0.4, -0.2) is 32.7 Å². The van der Waals surface area contributed by atoms with Gasteiger partial charge in [-0.05, 0) is 33.1 Å². The van der Waals surface area contributed by atoms with Gasteiger partial charge in [0.1, 0.15) is 0 Å². The third kappa shape index (κ3) is 4.88. The Morgan fingerprint density at radius 1 is 1.47 bits per heavy atom. The van der Waals surface area contributed by atoms with Crippen LogP contribution in [0.3, 0.4) is 0 Å². The molecule has 0 saturated heterocycles. The minimum atomic E-state index is -3.89. The molecule has 1 saturated carbocycles. The second-order valence-corrected chi connectivity index (χ2v) is 6.10. The van der Waals surface area contributed by atoms with Gasteiger partial charge in [-0.25, -0.2) is 9.52 Å². The zero-order valence-corrected chi connectivity index (χ0v) is 10.8. The number of rotatable bonds is 5. The average molecular weight is 265 g/mol. The number of hydrogen-bond donors (Lipinski definition) is 3. The van der Waals surface area contributed by atoms with Gasteiger partial charge in [0, 0.05) is 12.1 Å². The van der Waals surface area contributed by atoms with Gasteiger partial charge in [-0.3, -0.25) is 0 Å². The Morgan fingerprint density at radius 2 is 2.06 bits per heavy atom. The molecule has 0 atom stereocenters. The smallest absolute Gasteiger partial charge is 0.422 e. The summed E-state index contributed by atoms with van der Waals surface area (Å²) in [6, 6.07) is 0.